The van der Waals surface area contributed by atoms with Gasteiger partial charge in [-0.3, -0.25) is 4.98 Å². The lowest BCUT2D eigenvalue weighted by molar-refractivity contribution is 0.301. The first-order valence-corrected chi connectivity index (χ1v) is 6.37. The molecule has 1 aromatic heterocycles. The number of nitrogens with one attached hydrogen (secondary N) is 1. The van der Waals surface area contributed by atoms with Crippen LogP contribution in [0.1, 0.15) is 45.7 Å². The summed E-state index contributed by atoms with van der Waals surface area (Å²) in [6, 6.07) is 0.385. The lowest BCUT2D eigenvalue weighted by Gasteiger charge is -2.20. The van der Waals surface area contributed by atoms with E-state index >= 15 is 0 Å². The summed E-state index contributed by atoms with van der Waals surface area (Å²) in [5, 5.41) is 3.40. The first-order valence-electron chi connectivity index (χ1n) is 6.37. The predicted molar refractivity (Wildman–Crippen MR) is 69.4 cm³/mol. The molecule has 1 aromatic rings. The zero-order valence-corrected chi connectivity index (χ0v) is 11.2. The summed E-state index contributed by atoms with van der Waals surface area (Å²) in [5.74, 6) is 0.951. The number of hydrogen-bond acceptors (Lipinski definition) is 4. The fourth-order valence-corrected chi connectivity index (χ4v) is 1.61. The summed E-state index contributed by atoms with van der Waals surface area (Å²) in [6.45, 7) is 10.2. The van der Waals surface area contributed by atoms with Gasteiger partial charge in [-0.05, 0) is 19.9 Å². The molecular weight excluding hydrogens is 214 g/mol. The van der Waals surface area contributed by atoms with Gasteiger partial charge in [-0.2, -0.15) is 0 Å². The molecule has 1 N–H and O–H groups in total. The highest BCUT2D eigenvalue weighted by atomic mass is 16.5. The molecule has 0 fully saturated rings. The summed E-state index contributed by atoms with van der Waals surface area (Å²) in [5.41, 5.74) is 0.979. The molecule has 0 aliphatic carbocycles. The number of ether oxygens (including phenoxy) is 1. The third kappa shape index (κ3) is 4.30. The van der Waals surface area contributed by atoms with Crippen LogP contribution in [0.15, 0.2) is 12.4 Å². The van der Waals surface area contributed by atoms with Gasteiger partial charge in [0.25, 0.3) is 0 Å². The molecule has 0 saturated heterocycles. The molecular formula is C13H23N3O. The van der Waals surface area contributed by atoms with E-state index in [4.69, 9.17) is 4.74 Å². The third-order valence-corrected chi connectivity index (χ3v) is 2.83. The second-order valence-electron chi connectivity index (χ2n) is 4.27. The normalized spacial score (nSPS) is 14.4. The Bertz CT molecular complexity index is 330. The molecule has 0 amide bonds. The Kier molecular flexibility index (Phi) is 5.91. The maximum Gasteiger partial charge on any atom is 0.232 e. The summed E-state index contributed by atoms with van der Waals surface area (Å²) < 4.78 is 5.49. The lowest BCUT2D eigenvalue weighted by Crippen LogP contribution is -2.31. The first-order chi connectivity index (χ1) is 8.19. The molecule has 0 bridgehead atoms. The fraction of sp³-hybridized carbons (Fsp3) is 0.692. The fourth-order valence-electron chi connectivity index (χ4n) is 1.61. The number of hydrogen-bond donors (Lipinski definition) is 1. The van der Waals surface area contributed by atoms with Crippen LogP contribution in [0.2, 0.25) is 0 Å². The summed E-state index contributed by atoms with van der Waals surface area (Å²) in [7, 11) is 0. The molecule has 2 unspecified atom stereocenters. The number of likely N-dealkylation sites (N-methyl/N-ethyl adjacent to an activating group) is 1. The molecule has 96 valence electrons. The van der Waals surface area contributed by atoms with Gasteiger partial charge in [0.15, 0.2) is 0 Å². The minimum atomic E-state index is 0.327. The molecule has 17 heavy (non-hydrogen) atoms. The maximum atomic E-state index is 5.49. The predicted octanol–water partition coefficient (Wildman–Crippen LogP) is 2.37. The second kappa shape index (κ2) is 7.22. The van der Waals surface area contributed by atoms with Crippen LogP contribution in [0.5, 0.6) is 5.88 Å². The quantitative estimate of drug-likeness (QED) is 0.791. The third-order valence-electron chi connectivity index (χ3n) is 2.83. The average molecular weight is 237 g/mol. The van der Waals surface area contributed by atoms with Crippen molar-refractivity contribution in [2.75, 3.05) is 13.2 Å². The average Bonchev–Trinajstić information content (AvgIpc) is 2.36. The molecule has 0 spiro atoms. The van der Waals surface area contributed by atoms with Gasteiger partial charge in [0.05, 0.1) is 18.5 Å². The SMILES string of the molecule is CCCOc1cncc(C(C)C(C)NCC)n1. The highest BCUT2D eigenvalue weighted by molar-refractivity contribution is 5.13. The van der Waals surface area contributed by atoms with E-state index in [1.54, 1.807) is 6.20 Å². The first kappa shape index (κ1) is 13.9. The van der Waals surface area contributed by atoms with E-state index in [1.165, 1.54) is 0 Å². The van der Waals surface area contributed by atoms with E-state index in [-0.39, 0.29) is 0 Å². The van der Waals surface area contributed by atoms with Gasteiger partial charge < -0.3 is 10.1 Å². The second-order valence-corrected chi connectivity index (χ2v) is 4.27. The smallest absolute Gasteiger partial charge is 0.232 e. The van der Waals surface area contributed by atoms with E-state index < -0.39 is 0 Å². The zero-order chi connectivity index (χ0) is 12.7. The number of rotatable bonds is 7. The van der Waals surface area contributed by atoms with Crippen molar-refractivity contribution in [2.24, 2.45) is 0 Å². The van der Waals surface area contributed by atoms with E-state index in [9.17, 15) is 0 Å². The Hall–Kier alpha value is -1.16. The molecule has 1 rings (SSSR count). The van der Waals surface area contributed by atoms with Gasteiger partial charge in [0.2, 0.25) is 5.88 Å². The van der Waals surface area contributed by atoms with Crippen molar-refractivity contribution in [3.8, 4) is 5.88 Å². The lowest BCUT2D eigenvalue weighted by atomic mass is 10.0. The topological polar surface area (TPSA) is 47.0 Å². The number of nitrogens with zero attached hydrogens (tertiary/aromatic N) is 2. The van der Waals surface area contributed by atoms with Crippen LogP contribution in [0.25, 0.3) is 0 Å². The van der Waals surface area contributed by atoms with Gasteiger partial charge in [-0.15, -0.1) is 0 Å². The maximum absolute atomic E-state index is 5.49. The van der Waals surface area contributed by atoms with Crippen LogP contribution < -0.4 is 10.1 Å². The van der Waals surface area contributed by atoms with Crippen LogP contribution in [0.4, 0.5) is 0 Å². The summed E-state index contributed by atoms with van der Waals surface area (Å²) in [4.78, 5) is 8.67. The molecule has 4 nitrogen and oxygen atoms in total. The van der Waals surface area contributed by atoms with Crippen molar-refractivity contribution in [1.29, 1.82) is 0 Å². The van der Waals surface area contributed by atoms with Gasteiger partial charge in [-0.25, -0.2) is 4.98 Å². The van der Waals surface area contributed by atoms with Gasteiger partial charge in [0.1, 0.15) is 0 Å². The van der Waals surface area contributed by atoms with Crippen molar-refractivity contribution < 1.29 is 4.74 Å². The van der Waals surface area contributed by atoms with E-state index in [2.05, 4.69) is 43.0 Å². The van der Waals surface area contributed by atoms with Gasteiger partial charge >= 0.3 is 0 Å². The molecule has 0 saturated carbocycles. The Morgan fingerprint density at radius 2 is 2.06 bits per heavy atom. The Balaban J connectivity index is 2.69. The Labute approximate surface area is 104 Å². The Morgan fingerprint density at radius 1 is 1.29 bits per heavy atom. The van der Waals surface area contributed by atoms with Crippen LogP contribution in [-0.4, -0.2) is 29.2 Å². The molecule has 0 radical (unpaired) electrons. The van der Waals surface area contributed by atoms with Crippen LogP contribution in [0.3, 0.4) is 0 Å². The van der Waals surface area contributed by atoms with Crippen molar-refractivity contribution in [1.82, 2.24) is 15.3 Å². The zero-order valence-electron chi connectivity index (χ0n) is 11.2. The van der Waals surface area contributed by atoms with E-state index in [1.807, 2.05) is 6.20 Å². The van der Waals surface area contributed by atoms with Crippen LogP contribution in [-0.2, 0) is 0 Å². The van der Waals surface area contributed by atoms with E-state index in [0.29, 0.717) is 24.4 Å². The molecule has 0 aliphatic rings. The molecule has 1 heterocycles. The van der Waals surface area contributed by atoms with Crippen molar-refractivity contribution >= 4 is 0 Å². The largest absolute Gasteiger partial charge is 0.477 e. The minimum absolute atomic E-state index is 0.327. The number of aromatic nitrogens is 2. The minimum Gasteiger partial charge on any atom is -0.477 e. The van der Waals surface area contributed by atoms with Gasteiger partial charge in [-0.1, -0.05) is 20.8 Å². The summed E-state index contributed by atoms with van der Waals surface area (Å²) >= 11 is 0. The van der Waals surface area contributed by atoms with Crippen LogP contribution >= 0.6 is 0 Å². The highest BCUT2D eigenvalue weighted by Crippen LogP contribution is 2.18. The van der Waals surface area contributed by atoms with Crippen molar-refractivity contribution in [3.05, 3.63) is 18.1 Å². The van der Waals surface area contributed by atoms with Gasteiger partial charge in [0, 0.05) is 18.2 Å². The monoisotopic (exact) mass is 237 g/mol. The van der Waals surface area contributed by atoms with Crippen LogP contribution in [0, 0.1) is 0 Å². The molecule has 2 atom stereocenters. The van der Waals surface area contributed by atoms with E-state index in [0.717, 1.165) is 18.7 Å². The highest BCUT2D eigenvalue weighted by Gasteiger charge is 2.15. The Morgan fingerprint density at radius 3 is 2.71 bits per heavy atom. The molecule has 0 aliphatic heterocycles. The molecule has 4 heteroatoms. The standard InChI is InChI=1S/C13H23N3O/c1-5-7-17-13-9-14-8-12(16-13)10(3)11(4)15-6-2/h8-11,15H,5-7H2,1-4H3. The molecule has 0 aromatic carbocycles. The van der Waals surface area contributed by atoms with Crippen molar-refractivity contribution in [2.45, 2.75) is 46.1 Å². The summed E-state index contributed by atoms with van der Waals surface area (Å²) in [6.07, 6.45) is 4.47. The van der Waals surface area contributed by atoms with Crippen molar-refractivity contribution in [3.63, 3.8) is 0 Å².